The number of carboxylic acid groups (broad SMARTS) is 1. The lowest BCUT2D eigenvalue weighted by Crippen LogP contribution is -2.09. The monoisotopic (exact) mass is 279 g/mol. The molecular formula is C13H13NO6. The van der Waals surface area contributed by atoms with Gasteiger partial charge in [-0.15, -0.1) is 0 Å². The van der Waals surface area contributed by atoms with Crippen LogP contribution in [-0.2, 0) is 14.3 Å². The van der Waals surface area contributed by atoms with Crippen molar-refractivity contribution >= 4 is 23.5 Å². The number of ether oxygens (including phenoxy) is 1. The van der Waals surface area contributed by atoms with Crippen molar-refractivity contribution in [2.75, 3.05) is 11.9 Å². The standard InChI is InChI=1S/C13H13NO6/c1-2-20-13(19)9-4-3-8(7-10(9)15)14-11(16)5-6-12(17)18/h3-7,15H,2H2,1H3,(H,14,16)(H,17,18)/b6-5-. The summed E-state index contributed by atoms with van der Waals surface area (Å²) in [5.74, 6) is -2.94. The zero-order chi connectivity index (χ0) is 15.1. The molecule has 0 atom stereocenters. The van der Waals surface area contributed by atoms with Gasteiger partial charge in [-0.3, -0.25) is 4.79 Å². The van der Waals surface area contributed by atoms with E-state index < -0.39 is 17.8 Å². The summed E-state index contributed by atoms with van der Waals surface area (Å²) in [6, 6.07) is 3.85. The molecule has 0 radical (unpaired) electrons. The van der Waals surface area contributed by atoms with Gasteiger partial charge in [0, 0.05) is 23.9 Å². The molecule has 1 aromatic rings. The van der Waals surface area contributed by atoms with Crippen molar-refractivity contribution in [3.05, 3.63) is 35.9 Å². The molecule has 0 unspecified atom stereocenters. The Bertz CT molecular complexity index is 564. The van der Waals surface area contributed by atoms with Gasteiger partial charge in [0.15, 0.2) is 0 Å². The van der Waals surface area contributed by atoms with E-state index >= 15 is 0 Å². The summed E-state index contributed by atoms with van der Waals surface area (Å²) in [5.41, 5.74) is 0.196. The molecule has 1 amide bonds. The van der Waals surface area contributed by atoms with Crippen molar-refractivity contribution < 1.29 is 29.3 Å². The van der Waals surface area contributed by atoms with Crippen LogP contribution in [0.2, 0.25) is 0 Å². The topological polar surface area (TPSA) is 113 Å². The van der Waals surface area contributed by atoms with E-state index in [-0.39, 0.29) is 23.6 Å². The Kier molecular flexibility index (Phi) is 5.28. The number of nitrogens with one attached hydrogen (secondary N) is 1. The first-order valence-corrected chi connectivity index (χ1v) is 5.66. The Morgan fingerprint density at radius 1 is 1.30 bits per heavy atom. The molecule has 0 saturated heterocycles. The number of anilines is 1. The van der Waals surface area contributed by atoms with Crippen LogP contribution in [0.5, 0.6) is 5.75 Å². The molecule has 0 bridgehead atoms. The molecule has 106 valence electrons. The van der Waals surface area contributed by atoms with Gasteiger partial charge in [-0.25, -0.2) is 9.59 Å². The fourth-order valence-electron chi connectivity index (χ4n) is 1.32. The second-order valence-electron chi connectivity index (χ2n) is 3.61. The predicted molar refractivity (Wildman–Crippen MR) is 69.5 cm³/mol. The lowest BCUT2D eigenvalue weighted by Gasteiger charge is -2.07. The smallest absolute Gasteiger partial charge is 0.341 e. The summed E-state index contributed by atoms with van der Waals surface area (Å²) in [5, 5.41) is 20.4. The maximum atomic E-state index is 11.4. The van der Waals surface area contributed by atoms with Crippen LogP contribution in [0.25, 0.3) is 0 Å². The normalized spacial score (nSPS) is 10.2. The van der Waals surface area contributed by atoms with Crippen molar-refractivity contribution in [2.24, 2.45) is 0 Å². The van der Waals surface area contributed by atoms with Gasteiger partial charge < -0.3 is 20.3 Å². The van der Waals surface area contributed by atoms with Gasteiger partial charge in [0.1, 0.15) is 11.3 Å². The second kappa shape index (κ2) is 6.93. The number of phenolic OH excluding ortho intramolecular Hbond substituents is 1. The molecule has 0 aliphatic rings. The van der Waals surface area contributed by atoms with Crippen molar-refractivity contribution in [2.45, 2.75) is 6.92 Å². The van der Waals surface area contributed by atoms with Crippen molar-refractivity contribution in [1.82, 2.24) is 0 Å². The number of rotatable bonds is 5. The number of hydrogen-bond donors (Lipinski definition) is 3. The molecule has 0 aliphatic heterocycles. The summed E-state index contributed by atoms with van der Waals surface area (Å²) in [6.07, 6.45) is 1.51. The Morgan fingerprint density at radius 2 is 2.00 bits per heavy atom. The molecule has 0 aromatic heterocycles. The Hall–Kier alpha value is -2.83. The van der Waals surface area contributed by atoms with Gasteiger partial charge >= 0.3 is 11.9 Å². The minimum Gasteiger partial charge on any atom is -0.507 e. The van der Waals surface area contributed by atoms with Crippen molar-refractivity contribution in [1.29, 1.82) is 0 Å². The first-order chi connectivity index (χ1) is 9.43. The zero-order valence-corrected chi connectivity index (χ0v) is 10.6. The van der Waals surface area contributed by atoms with E-state index in [0.29, 0.717) is 6.08 Å². The highest BCUT2D eigenvalue weighted by atomic mass is 16.5. The van der Waals surface area contributed by atoms with Crippen LogP contribution >= 0.6 is 0 Å². The van der Waals surface area contributed by atoms with E-state index in [2.05, 4.69) is 5.32 Å². The van der Waals surface area contributed by atoms with Crippen LogP contribution in [0, 0.1) is 0 Å². The third kappa shape index (κ3) is 4.45. The summed E-state index contributed by atoms with van der Waals surface area (Å²) in [6.45, 7) is 1.81. The molecule has 1 aromatic carbocycles. The quantitative estimate of drug-likeness (QED) is 0.550. The van der Waals surface area contributed by atoms with Crippen LogP contribution in [0.15, 0.2) is 30.4 Å². The van der Waals surface area contributed by atoms with E-state index in [1.807, 2.05) is 0 Å². The number of aliphatic carboxylic acids is 1. The van der Waals surface area contributed by atoms with E-state index in [4.69, 9.17) is 9.84 Å². The number of hydrogen-bond acceptors (Lipinski definition) is 5. The summed E-state index contributed by atoms with van der Waals surface area (Å²) in [4.78, 5) is 33.0. The fraction of sp³-hybridized carbons (Fsp3) is 0.154. The molecule has 3 N–H and O–H groups in total. The molecule has 1 rings (SSSR count). The van der Waals surface area contributed by atoms with Gasteiger partial charge in [0.05, 0.1) is 6.61 Å². The van der Waals surface area contributed by atoms with E-state index in [0.717, 1.165) is 6.08 Å². The molecule has 20 heavy (non-hydrogen) atoms. The number of carbonyl (C=O) groups is 3. The SMILES string of the molecule is CCOC(=O)c1ccc(NC(=O)/C=C\C(=O)O)cc1O. The van der Waals surface area contributed by atoms with Crippen LogP contribution in [0.3, 0.4) is 0 Å². The number of phenols is 1. The average molecular weight is 279 g/mol. The van der Waals surface area contributed by atoms with Gasteiger partial charge in [-0.1, -0.05) is 0 Å². The minimum absolute atomic E-state index is 0.0223. The minimum atomic E-state index is -1.25. The van der Waals surface area contributed by atoms with E-state index in [1.165, 1.54) is 18.2 Å². The maximum absolute atomic E-state index is 11.4. The third-order valence-corrected chi connectivity index (χ3v) is 2.14. The first kappa shape index (κ1) is 15.2. The van der Waals surface area contributed by atoms with Crippen LogP contribution in [0.4, 0.5) is 5.69 Å². The first-order valence-electron chi connectivity index (χ1n) is 5.66. The lowest BCUT2D eigenvalue weighted by atomic mass is 10.2. The highest BCUT2D eigenvalue weighted by Gasteiger charge is 2.12. The Morgan fingerprint density at radius 3 is 2.55 bits per heavy atom. The number of aromatic hydroxyl groups is 1. The molecule has 7 nitrogen and oxygen atoms in total. The summed E-state index contributed by atoms with van der Waals surface area (Å²) < 4.78 is 4.73. The highest BCUT2D eigenvalue weighted by Crippen LogP contribution is 2.22. The molecule has 0 spiro atoms. The maximum Gasteiger partial charge on any atom is 0.341 e. The summed E-state index contributed by atoms with van der Waals surface area (Å²) in [7, 11) is 0. The molecule has 7 heteroatoms. The van der Waals surface area contributed by atoms with E-state index in [9.17, 15) is 19.5 Å². The zero-order valence-electron chi connectivity index (χ0n) is 10.6. The third-order valence-electron chi connectivity index (χ3n) is 2.14. The second-order valence-corrected chi connectivity index (χ2v) is 3.61. The molecule has 0 heterocycles. The predicted octanol–water partition coefficient (Wildman–Crippen LogP) is 1.15. The average Bonchev–Trinajstić information content (AvgIpc) is 2.36. The van der Waals surface area contributed by atoms with Crippen molar-refractivity contribution in [3.8, 4) is 5.75 Å². The van der Waals surface area contributed by atoms with Gasteiger partial charge in [-0.2, -0.15) is 0 Å². The van der Waals surface area contributed by atoms with Crippen LogP contribution < -0.4 is 5.32 Å². The highest BCUT2D eigenvalue weighted by molar-refractivity contribution is 6.03. The number of esters is 1. The van der Waals surface area contributed by atoms with Gasteiger partial charge in [0.2, 0.25) is 5.91 Å². The van der Waals surface area contributed by atoms with Gasteiger partial charge in [0.25, 0.3) is 0 Å². The van der Waals surface area contributed by atoms with Crippen LogP contribution in [-0.4, -0.2) is 34.7 Å². The number of amides is 1. The molecular weight excluding hydrogens is 266 g/mol. The number of carbonyl (C=O) groups excluding carboxylic acids is 2. The van der Waals surface area contributed by atoms with Crippen LogP contribution in [0.1, 0.15) is 17.3 Å². The number of benzene rings is 1. The lowest BCUT2D eigenvalue weighted by molar-refractivity contribution is -0.131. The van der Waals surface area contributed by atoms with Crippen molar-refractivity contribution in [3.63, 3.8) is 0 Å². The summed E-state index contributed by atoms with van der Waals surface area (Å²) >= 11 is 0. The molecule has 0 saturated carbocycles. The molecule has 0 fully saturated rings. The molecule has 0 aliphatic carbocycles. The Labute approximate surface area is 114 Å². The largest absolute Gasteiger partial charge is 0.507 e. The number of carboxylic acids is 1. The fourth-order valence-corrected chi connectivity index (χ4v) is 1.32. The van der Waals surface area contributed by atoms with Gasteiger partial charge in [-0.05, 0) is 19.1 Å². The van der Waals surface area contributed by atoms with E-state index in [1.54, 1.807) is 6.92 Å². The Balaban J connectivity index is 2.80.